The van der Waals surface area contributed by atoms with Crippen LogP contribution in [0.3, 0.4) is 0 Å². The SMILES string of the molecule is NC(=O)Cn1cc(C(=O)Nc2ccc(N3CCCCC3)cn2)nn1. The van der Waals surface area contributed by atoms with Crippen molar-refractivity contribution in [2.75, 3.05) is 23.3 Å². The quantitative estimate of drug-likeness (QED) is 0.819. The summed E-state index contributed by atoms with van der Waals surface area (Å²) >= 11 is 0. The van der Waals surface area contributed by atoms with Crippen molar-refractivity contribution in [2.24, 2.45) is 5.73 Å². The number of anilines is 2. The van der Waals surface area contributed by atoms with Gasteiger partial charge in [-0.3, -0.25) is 9.59 Å². The molecule has 0 radical (unpaired) electrons. The van der Waals surface area contributed by atoms with Crippen LogP contribution in [0.2, 0.25) is 0 Å². The maximum Gasteiger partial charge on any atom is 0.278 e. The van der Waals surface area contributed by atoms with E-state index in [1.807, 2.05) is 6.07 Å². The molecule has 1 aliphatic heterocycles. The Labute approximate surface area is 138 Å². The van der Waals surface area contributed by atoms with Gasteiger partial charge in [0.1, 0.15) is 12.4 Å². The van der Waals surface area contributed by atoms with Gasteiger partial charge in [0.15, 0.2) is 5.69 Å². The number of nitrogens with zero attached hydrogens (tertiary/aromatic N) is 5. The summed E-state index contributed by atoms with van der Waals surface area (Å²) in [5.41, 5.74) is 6.22. The number of amides is 2. The van der Waals surface area contributed by atoms with Crippen molar-refractivity contribution >= 4 is 23.3 Å². The van der Waals surface area contributed by atoms with Crippen LogP contribution < -0.4 is 16.0 Å². The Morgan fingerprint density at radius 3 is 2.67 bits per heavy atom. The van der Waals surface area contributed by atoms with Crippen LogP contribution in [0.1, 0.15) is 29.8 Å². The van der Waals surface area contributed by atoms with E-state index in [2.05, 4.69) is 25.5 Å². The van der Waals surface area contributed by atoms with Gasteiger partial charge in [0.2, 0.25) is 5.91 Å². The molecule has 9 nitrogen and oxygen atoms in total. The smallest absolute Gasteiger partial charge is 0.278 e. The molecule has 0 aliphatic carbocycles. The second kappa shape index (κ2) is 7.07. The lowest BCUT2D eigenvalue weighted by Gasteiger charge is -2.28. The molecule has 0 aromatic carbocycles. The number of hydrogen-bond donors (Lipinski definition) is 2. The molecule has 126 valence electrons. The molecule has 3 rings (SSSR count). The molecule has 3 heterocycles. The highest BCUT2D eigenvalue weighted by atomic mass is 16.2. The molecule has 0 atom stereocenters. The molecule has 1 fully saturated rings. The van der Waals surface area contributed by atoms with Gasteiger partial charge in [-0.2, -0.15) is 0 Å². The summed E-state index contributed by atoms with van der Waals surface area (Å²) in [6, 6.07) is 3.70. The van der Waals surface area contributed by atoms with Crippen molar-refractivity contribution in [3.8, 4) is 0 Å². The standard InChI is InChI=1S/C15H19N7O2/c16-13(23)10-22-9-12(19-20-22)15(24)18-14-5-4-11(8-17-14)21-6-2-1-3-7-21/h4-5,8-9H,1-3,6-7,10H2,(H2,16,23)(H,17,18,24). The Bertz CT molecular complexity index is 720. The summed E-state index contributed by atoms with van der Waals surface area (Å²) in [5.74, 6) is -0.559. The van der Waals surface area contributed by atoms with Crippen LogP contribution in [0.25, 0.3) is 0 Å². The lowest BCUT2D eigenvalue weighted by atomic mass is 10.1. The Kier molecular flexibility index (Phi) is 4.69. The molecular weight excluding hydrogens is 310 g/mol. The summed E-state index contributed by atoms with van der Waals surface area (Å²) in [4.78, 5) is 29.5. The molecule has 3 N–H and O–H groups in total. The molecule has 0 unspecified atom stereocenters. The minimum Gasteiger partial charge on any atom is -0.370 e. The third-order valence-electron chi connectivity index (χ3n) is 3.80. The first kappa shape index (κ1) is 15.9. The Hall–Kier alpha value is -2.97. The van der Waals surface area contributed by atoms with Crippen LogP contribution in [0, 0.1) is 0 Å². The highest BCUT2D eigenvalue weighted by Crippen LogP contribution is 2.20. The molecule has 2 aromatic rings. The lowest BCUT2D eigenvalue weighted by molar-refractivity contribution is -0.118. The van der Waals surface area contributed by atoms with Gasteiger partial charge >= 0.3 is 0 Å². The third kappa shape index (κ3) is 3.86. The first-order valence-electron chi connectivity index (χ1n) is 7.82. The van der Waals surface area contributed by atoms with Gasteiger partial charge in [0.05, 0.1) is 18.1 Å². The fourth-order valence-electron chi connectivity index (χ4n) is 2.62. The van der Waals surface area contributed by atoms with Crippen molar-refractivity contribution in [2.45, 2.75) is 25.8 Å². The van der Waals surface area contributed by atoms with E-state index in [9.17, 15) is 9.59 Å². The number of nitrogens with one attached hydrogen (secondary N) is 1. The molecule has 0 saturated carbocycles. The molecule has 2 aromatic heterocycles. The van der Waals surface area contributed by atoms with E-state index >= 15 is 0 Å². The fourth-order valence-corrected chi connectivity index (χ4v) is 2.62. The van der Waals surface area contributed by atoms with Crippen molar-refractivity contribution < 1.29 is 9.59 Å². The van der Waals surface area contributed by atoms with Crippen molar-refractivity contribution in [1.82, 2.24) is 20.0 Å². The van der Waals surface area contributed by atoms with Gasteiger partial charge in [-0.15, -0.1) is 5.10 Å². The summed E-state index contributed by atoms with van der Waals surface area (Å²) < 4.78 is 1.21. The monoisotopic (exact) mass is 329 g/mol. The molecule has 1 saturated heterocycles. The van der Waals surface area contributed by atoms with Gasteiger partial charge in [-0.25, -0.2) is 9.67 Å². The fraction of sp³-hybridized carbons (Fsp3) is 0.400. The second-order valence-corrected chi connectivity index (χ2v) is 5.67. The molecular formula is C15H19N7O2. The van der Waals surface area contributed by atoms with Gasteiger partial charge in [-0.1, -0.05) is 5.21 Å². The van der Waals surface area contributed by atoms with Crippen molar-refractivity contribution in [3.63, 3.8) is 0 Å². The Balaban J connectivity index is 1.61. The molecule has 2 amide bonds. The highest BCUT2D eigenvalue weighted by molar-refractivity contribution is 6.02. The average molecular weight is 329 g/mol. The number of piperidine rings is 1. The number of nitrogens with two attached hydrogens (primary N) is 1. The molecule has 0 spiro atoms. The first-order chi connectivity index (χ1) is 11.6. The lowest BCUT2D eigenvalue weighted by Crippen LogP contribution is -2.29. The van der Waals surface area contributed by atoms with Crippen molar-refractivity contribution in [1.29, 1.82) is 0 Å². The summed E-state index contributed by atoms with van der Waals surface area (Å²) in [7, 11) is 0. The summed E-state index contributed by atoms with van der Waals surface area (Å²) in [5, 5.41) is 10.0. The van der Waals surface area contributed by atoms with E-state index in [1.54, 1.807) is 12.3 Å². The zero-order chi connectivity index (χ0) is 16.9. The number of rotatable bonds is 5. The van der Waals surface area contributed by atoms with Crippen molar-refractivity contribution in [3.05, 3.63) is 30.2 Å². The Morgan fingerprint density at radius 2 is 2.00 bits per heavy atom. The predicted octanol–water partition coefficient (Wildman–Crippen LogP) is 0.401. The zero-order valence-electron chi connectivity index (χ0n) is 13.2. The number of aromatic nitrogens is 4. The van der Waals surface area contributed by atoms with Crippen LogP contribution in [0.4, 0.5) is 11.5 Å². The maximum absolute atomic E-state index is 12.1. The van der Waals surface area contributed by atoms with E-state index < -0.39 is 11.8 Å². The highest BCUT2D eigenvalue weighted by Gasteiger charge is 2.14. The number of pyridine rings is 1. The number of hydrogen-bond acceptors (Lipinski definition) is 6. The van der Waals surface area contributed by atoms with Crippen LogP contribution in [-0.2, 0) is 11.3 Å². The maximum atomic E-state index is 12.1. The molecule has 24 heavy (non-hydrogen) atoms. The van der Waals surface area contributed by atoms with Gasteiger partial charge in [-0.05, 0) is 31.4 Å². The largest absolute Gasteiger partial charge is 0.370 e. The third-order valence-corrected chi connectivity index (χ3v) is 3.80. The molecule has 1 aliphatic rings. The van der Waals surface area contributed by atoms with Crippen LogP contribution in [-0.4, -0.2) is 44.9 Å². The van der Waals surface area contributed by atoms with Crippen LogP contribution in [0.5, 0.6) is 0 Å². The van der Waals surface area contributed by atoms with Gasteiger partial charge in [0, 0.05) is 13.1 Å². The number of carbonyl (C=O) groups is 2. The first-order valence-corrected chi connectivity index (χ1v) is 7.82. The van der Waals surface area contributed by atoms with Crippen LogP contribution >= 0.6 is 0 Å². The van der Waals surface area contributed by atoms with Gasteiger partial charge < -0.3 is 16.0 Å². The van der Waals surface area contributed by atoms with Gasteiger partial charge in [0.25, 0.3) is 5.91 Å². The number of primary amides is 1. The zero-order valence-corrected chi connectivity index (χ0v) is 13.2. The number of carbonyl (C=O) groups excluding carboxylic acids is 2. The predicted molar refractivity (Wildman–Crippen MR) is 87.5 cm³/mol. The van der Waals surface area contributed by atoms with E-state index in [0.29, 0.717) is 5.82 Å². The normalized spacial score (nSPS) is 14.4. The van der Waals surface area contributed by atoms with E-state index in [-0.39, 0.29) is 12.2 Å². The summed E-state index contributed by atoms with van der Waals surface area (Å²) in [6.45, 7) is 1.95. The molecule has 9 heteroatoms. The van der Waals surface area contributed by atoms with E-state index in [4.69, 9.17) is 5.73 Å². The van der Waals surface area contributed by atoms with E-state index in [1.165, 1.54) is 30.1 Å². The minimum atomic E-state index is -0.554. The minimum absolute atomic E-state index is 0.0955. The average Bonchev–Trinajstić information content (AvgIpc) is 3.04. The summed E-state index contributed by atoms with van der Waals surface area (Å²) in [6.07, 6.45) is 6.78. The Morgan fingerprint density at radius 1 is 1.21 bits per heavy atom. The topological polar surface area (TPSA) is 119 Å². The molecule has 0 bridgehead atoms. The van der Waals surface area contributed by atoms with E-state index in [0.717, 1.165) is 18.8 Å². The second-order valence-electron chi connectivity index (χ2n) is 5.67. The van der Waals surface area contributed by atoms with Crippen LogP contribution in [0.15, 0.2) is 24.5 Å².